The van der Waals surface area contributed by atoms with Gasteiger partial charge in [-0.3, -0.25) is 14.2 Å². The Morgan fingerprint density at radius 1 is 1.25 bits per heavy atom. The summed E-state index contributed by atoms with van der Waals surface area (Å²) in [7, 11) is -3.88. The molecule has 2 rings (SSSR count). The maximum absolute atomic E-state index is 12.5. The number of ketones is 2. The van der Waals surface area contributed by atoms with Crippen molar-refractivity contribution < 1.29 is 19.0 Å². The fourth-order valence-corrected chi connectivity index (χ4v) is 4.95. The second kappa shape index (κ2) is 8.17. The maximum Gasteiger partial charge on any atom is 0.338 e. The lowest BCUT2D eigenvalue weighted by atomic mass is 9.87. The molecule has 0 aromatic heterocycles. The Balaban J connectivity index is 2.12. The number of fused-ring (bicyclic) bond motifs is 1. The maximum atomic E-state index is 12.5. The van der Waals surface area contributed by atoms with Gasteiger partial charge in [-0.25, -0.2) is 10.2 Å². The van der Waals surface area contributed by atoms with Crippen LogP contribution in [0.2, 0.25) is 0 Å². The second-order valence-corrected chi connectivity index (χ2v) is 9.23. The zero-order valence-corrected chi connectivity index (χ0v) is 16.8. The number of rotatable bonds is 7. The summed E-state index contributed by atoms with van der Waals surface area (Å²) in [4.78, 5) is 33.9. The highest BCUT2D eigenvalue weighted by molar-refractivity contribution is 9.09. The van der Waals surface area contributed by atoms with E-state index in [-0.39, 0.29) is 29.4 Å². The van der Waals surface area contributed by atoms with Gasteiger partial charge in [-0.15, -0.1) is 0 Å². The first-order chi connectivity index (χ1) is 11.2. The third-order valence-corrected chi connectivity index (χ3v) is 5.77. The number of allylic oxidation sites excluding steroid dienone is 2. The van der Waals surface area contributed by atoms with Crippen LogP contribution in [0.15, 0.2) is 35.9 Å². The first-order valence-corrected chi connectivity index (χ1v) is 10.9. The van der Waals surface area contributed by atoms with Gasteiger partial charge in [-0.2, -0.15) is 0 Å². The highest BCUT2D eigenvalue weighted by Gasteiger charge is 2.29. The van der Waals surface area contributed by atoms with Crippen LogP contribution >= 0.6 is 39.5 Å². The zero-order chi connectivity index (χ0) is 17.9. The first-order valence-electron chi connectivity index (χ1n) is 7.19. The van der Waals surface area contributed by atoms with Crippen LogP contribution in [0.25, 0.3) is 0 Å². The molecule has 0 amide bonds. The van der Waals surface area contributed by atoms with E-state index in [0.717, 1.165) is 0 Å². The molecule has 6 nitrogen and oxygen atoms in total. The number of alkyl halides is 2. The Bertz CT molecular complexity index is 732. The molecule has 1 aliphatic carbocycles. The highest BCUT2D eigenvalue weighted by Crippen LogP contribution is 2.37. The predicted molar refractivity (Wildman–Crippen MR) is 99.9 cm³/mol. The molecule has 0 spiro atoms. The van der Waals surface area contributed by atoms with Gasteiger partial charge >= 0.3 is 7.67 Å². The van der Waals surface area contributed by atoms with Gasteiger partial charge in [-0.1, -0.05) is 56.1 Å². The largest absolute Gasteiger partial charge is 0.338 e. The van der Waals surface area contributed by atoms with Crippen LogP contribution in [0, 0.1) is 0 Å². The zero-order valence-electron chi connectivity index (χ0n) is 12.7. The van der Waals surface area contributed by atoms with Gasteiger partial charge in [0.2, 0.25) is 0 Å². The lowest BCUT2D eigenvalue weighted by Crippen LogP contribution is -2.32. The first kappa shape index (κ1) is 19.7. The molecule has 0 aliphatic heterocycles. The monoisotopic (exact) mass is 478 g/mol. The Morgan fingerprint density at radius 3 is 2.46 bits per heavy atom. The van der Waals surface area contributed by atoms with E-state index in [4.69, 9.17) is 5.50 Å². The van der Waals surface area contributed by atoms with E-state index in [1.807, 2.05) is 0 Å². The van der Waals surface area contributed by atoms with E-state index in [9.17, 15) is 19.0 Å². The number of nitrogens with two attached hydrogens (primary N) is 1. The van der Waals surface area contributed by atoms with Crippen LogP contribution in [0.3, 0.4) is 0 Å². The Hall–Kier alpha value is -0.630. The van der Waals surface area contributed by atoms with Gasteiger partial charge < -0.3 is 4.89 Å². The predicted octanol–water partition coefficient (Wildman–Crippen LogP) is 2.90. The number of hydrogen-bond acceptors (Lipinski definition) is 3. The van der Waals surface area contributed by atoms with Crippen LogP contribution in [0.1, 0.15) is 27.1 Å². The molecule has 1 aliphatic rings. The average molecular weight is 480 g/mol. The summed E-state index contributed by atoms with van der Waals surface area (Å²) in [6, 6.07) is 6.69. The van der Waals surface area contributed by atoms with E-state index in [0.29, 0.717) is 28.6 Å². The number of benzene rings is 1. The smallest absolute Gasteiger partial charge is 0.322 e. The summed E-state index contributed by atoms with van der Waals surface area (Å²) in [6.45, 7) is 0.470. The fourth-order valence-electron chi connectivity index (χ4n) is 2.50. The molecule has 0 radical (unpaired) electrons. The van der Waals surface area contributed by atoms with E-state index in [1.165, 1.54) is 10.7 Å². The van der Waals surface area contributed by atoms with Crippen LogP contribution in [-0.2, 0) is 4.57 Å². The minimum Gasteiger partial charge on any atom is -0.322 e. The fraction of sp³-hybridized carbons (Fsp3) is 0.333. The van der Waals surface area contributed by atoms with Crippen molar-refractivity contribution in [3.63, 3.8) is 0 Å². The molecule has 0 fully saturated rings. The molecule has 24 heavy (non-hydrogen) atoms. The molecule has 0 bridgehead atoms. The van der Waals surface area contributed by atoms with E-state index < -0.39 is 7.67 Å². The molecular formula is C15H17Br2N2O4P. The molecule has 3 N–H and O–H groups in total. The molecule has 0 saturated carbocycles. The van der Waals surface area contributed by atoms with Crippen LogP contribution in [0.5, 0.6) is 0 Å². The standard InChI is InChI=1S/C15H17Br2N2O4P/c16-5-6-19(24(18,22)23)9-11(17)7-10-8-14(20)12-3-1-2-4-13(12)15(10)21/h1-4,8,11H,5-7,9H2,(H3,18,22,23). The van der Waals surface area contributed by atoms with Crippen molar-refractivity contribution >= 4 is 51.1 Å². The average Bonchev–Trinajstić information content (AvgIpc) is 2.51. The minimum atomic E-state index is -3.88. The second-order valence-electron chi connectivity index (χ2n) is 5.40. The number of nitrogens with zero attached hydrogens (tertiary/aromatic N) is 1. The SMILES string of the molecule is NP(=O)(O)N(CCBr)CC(Br)CC1=CC(=O)c2ccccc2C1=O. The van der Waals surface area contributed by atoms with Gasteiger partial charge in [-0.05, 0) is 12.5 Å². The van der Waals surface area contributed by atoms with Gasteiger partial charge in [0.25, 0.3) is 0 Å². The van der Waals surface area contributed by atoms with E-state index >= 15 is 0 Å². The van der Waals surface area contributed by atoms with Crippen LogP contribution in [-0.4, -0.2) is 44.4 Å². The normalized spacial score (nSPS) is 18.1. The van der Waals surface area contributed by atoms with Crippen molar-refractivity contribution in [1.29, 1.82) is 0 Å². The van der Waals surface area contributed by atoms with Gasteiger partial charge in [0.05, 0.1) is 0 Å². The van der Waals surface area contributed by atoms with Crippen molar-refractivity contribution in [3.8, 4) is 0 Å². The quantitative estimate of drug-likeness (QED) is 0.460. The minimum absolute atomic E-state index is 0.177. The van der Waals surface area contributed by atoms with Gasteiger partial charge in [0.15, 0.2) is 11.6 Å². The summed E-state index contributed by atoms with van der Waals surface area (Å²) in [5.41, 5.74) is 6.49. The Kier molecular flexibility index (Phi) is 6.70. The summed E-state index contributed by atoms with van der Waals surface area (Å²) in [6.07, 6.45) is 1.60. The summed E-state index contributed by atoms with van der Waals surface area (Å²) in [5.74, 6) is -0.398. The molecule has 1 aromatic rings. The highest BCUT2D eigenvalue weighted by atomic mass is 79.9. The summed E-state index contributed by atoms with van der Waals surface area (Å²) < 4.78 is 12.9. The molecule has 130 valence electrons. The number of carbonyl (C=O) groups excluding carboxylic acids is 2. The number of Topliss-reactive ketones (excluding diaryl/α,β-unsaturated/α-hetero) is 1. The van der Waals surface area contributed by atoms with Crippen LogP contribution in [0.4, 0.5) is 0 Å². The Morgan fingerprint density at radius 2 is 1.88 bits per heavy atom. The van der Waals surface area contributed by atoms with Crippen molar-refractivity contribution in [2.24, 2.45) is 5.50 Å². The molecule has 2 unspecified atom stereocenters. The van der Waals surface area contributed by atoms with E-state index in [1.54, 1.807) is 24.3 Å². The topological polar surface area (TPSA) is 101 Å². The Labute approximate surface area is 156 Å². The van der Waals surface area contributed by atoms with Crippen molar-refractivity contribution in [3.05, 3.63) is 47.0 Å². The van der Waals surface area contributed by atoms with E-state index in [2.05, 4.69) is 31.9 Å². The lowest BCUT2D eigenvalue weighted by Gasteiger charge is -2.26. The summed E-state index contributed by atoms with van der Waals surface area (Å²) >= 11 is 6.63. The lowest BCUT2D eigenvalue weighted by molar-refractivity contribution is 0.0981. The van der Waals surface area contributed by atoms with Crippen molar-refractivity contribution in [2.45, 2.75) is 11.2 Å². The third kappa shape index (κ3) is 4.71. The van der Waals surface area contributed by atoms with Gasteiger partial charge in [0, 0.05) is 39.9 Å². The molecule has 2 atom stereocenters. The number of halogens is 2. The molecule has 0 heterocycles. The molecule has 1 aromatic carbocycles. The van der Waals surface area contributed by atoms with Crippen molar-refractivity contribution in [1.82, 2.24) is 4.67 Å². The third-order valence-electron chi connectivity index (χ3n) is 3.63. The van der Waals surface area contributed by atoms with Gasteiger partial charge in [0.1, 0.15) is 0 Å². The number of carbonyl (C=O) groups is 2. The number of hydrogen-bond donors (Lipinski definition) is 2. The molecule has 9 heteroatoms. The summed E-state index contributed by atoms with van der Waals surface area (Å²) in [5, 5.41) is 0.488. The molecule has 0 saturated heterocycles. The van der Waals surface area contributed by atoms with Crippen LogP contribution < -0.4 is 5.50 Å². The van der Waals surface area contributed by atoms with Crippen molar-refractivity contribution in [2.75, 3.05) is 18.4 Å². The molecular weight excluding hydrogens is 463 g/mol.